The topological polar surface area (TPSA) is 107 Å². The summed E-state index contributed by atoms with van der Waals surface area (Å²) in [6, 6.07) is 9.06. The van der Waals surface area contributed by atoms with Crippen LogP contribution < -0.4 is 5.32 Å². The molecule has 0 atom stereocenters. The van der Waals surface area contributed by atoms with Crippen molar-refractivity contribution in [1.82, 2.24) is 0 Å². The molecule has 0 saturated carbocycles. The van der Waals surface area contributed by atoms with Crippen molar-refractivity contribution in [2.45, 2.75) is 11.4 Å². The van der Waals surface area contributed by atoms with Gasteiger partial charge in [-0.1, -0.05) is 12.1 Å². The number of rotatable bonds is 4. The smallest absolute Gasteiger partial charge is 0.200 e. The molecule has 0 saturated heterocycles. The molecule has 0 aliphatic rings. The van der Waals surface area contributed by atoms with Gasteiger partial charge >= 0.3 is 0 Å². The van der Waals surface area contributed by atoms with Crippen molar-refractivity contribution in [3.63, 3.8) is 0 Å². The Kier molecular flexibility index (Phi) is 3.95. The van der Waals surface area contributed by atoms with Crippen LogP contribution in [0.15, 0.2) is 41.3 Å². The van der Waals surface area contributed by atoms with Crippen molar-refractivity contribution in [3.05, 3.63) is 42.0 Å². The number of anilines is 1. The highest BCUT2D eigenvalue weighted by Crippen LogP contribution is 2.37. The summed E-state index contributed by atoms with van der Waals surface area (Å²) in [4.78, 5) is 0.146. The average molecular weight is 309 g/mol. The minimum absolute atomic E-state index is 0.0895. The minimum atomic E-state index is -3.38. The Bertz CT molecular complexity index is 771. The third-order valence-corrected chi connectivity index (χ3v) is 4.12. The van der Waals surface area contributed by atoms with Crippen LogP contribution in [0.3, 0.4) is 0 Å². The molecule has 0 aromatic heterocycles. The Hall–Kier alpha value is -2.41. The molecule has 0 aliphatic carbocycles. The van der Waals surface area contributed by atoms with Gasteiger partial charge in [0.25, 0.3) is 0 Å². The molecule has 0 aliphatic heterocycles. The molecule has 0 unspecified atom stereocenters. The molecule has 4 N–H and O–H groups in total. The molecule has 0 bridgehead atoms. The molecule has 2 aromatic rings. The van der Waals surface area contributed by atoms with Gasteiger partial charge in [0.1, 0.15) is 0 Å². The van der Waals surface area contributed by atoms with Crippen LogP contribution in [0.1, 0.15) is 5.56 Å². The highest BCUT2D eigenvalue weighted by molar-refractivity contribution is 7.90. The van der Waals surface area contributed by atoms with Crippen molar-refractivity contribution in [3.8, 4) is 17.2 Å². The maximum absolute atomic E-state index is 11.7. The summed E-state index contributed by atoms with van der Waals surface area (Å²) in [7, 11) is -3.38. The van der Waals surface area contributed by atoms with Gasteiger partial charge in [-0.25, -0.2) is 8.42 Å². The lowest BCUT2D eigenvalue weighted by Gasteiger charge is -2.12. The second-order valence-electron chi connectivity index (χ2n) is 4.56. The summed E-state index contributed by atoms with van der Waals surface area (Å²) < 4.78 is 23.3. The van der Waals surface area contributed by atoms with E-state index in [9.17, 15) is 23.7 Å². The largest absolute Gasteiger partial charge is 0.504 e. The Labute approximate surface area is 122 Å². The molecule has 0 heterocycles. The lowest BCUT2D eigenvalue weighted by Crippen LogP contribution is -2.06. The third kappa shape index (κ3) is 3.19. The zero-order chi connectivity index (χ0) is 15.6. The zero-order valence-corrected chi connectivity index (χ0v) is 12.1. The average Bonchev–Trinajstić information content (AvgIpc) is 2.43. The zero-order valence-electron chi connectivity index (χ0n) is 11.2. The first-order chi connectivity index (χ1) is 9.80. The van der Waals surface area contributed by atoms with Gasteiger partial charge in [-0.15, -0.1) is 0 Å². The summed E-state index contributed by atoms with van der Waals surface area (Å²) in [5.74, 6) is -1.47. The number of hydrogen-bond donors (Lipinski definition) is 4. The van der Waals surface area contributed by atoms with E-state index >= 15 is 0 Å². The molecule has 21 heavy (non-hydrogen) atoms. The molecule has 2 aromatic carbocycles. The van der Waals surface area contributed by atoms with Gasteiger partial charge in [-0.2, -0.15) is 0 Å². The fourth-order valence-corrected chi connectivity index (χ4v) is 2.75. The first-order valence-corrected chi connectivity index (χ1v) is 7.95. The number of nitrogens with one attached hydrogen (secondary N) is 1. The molecule has 6 nitrogen and oxygen atoms in total. The van der Waals surface area contributed by atoms with Crippen LogP contribution in [0.5, 0.6) is 17.2 Å². The Balaban J connectivity index is 2.28. The maximum atomic E-state index is 11.7. The quantitative estimate of drug-likeness (QED) is 0.642. The summed E-state index contributed by atoms with van der Waals surface area (Å²) in [5, 5.41) is 31.3. The third-order valence-electron chi connectivity index (χ3n) is 2.97. The second-order valence-corrected chi connectivity index (χ2v) is 6.55. The first kappa shape index (κ1) is 15.0. The Morgan fingerprint density at radius 2 is 1.67 bits per heavy atom. The molecule has 0 radical (unpaired) electrons. The molecule has 0 spiro atoms. The van der Waals surface area contributed by atoms with E-state index in [-0.39, 0.29) is 11.4 Å². The van der Waals surface area contributed by atoms with Gasteiger partial charge in [-0.3, -0.25) is 0 Å². The van der Waals surface area contributed by atoms with Crippen molar-refractivity contribution >= 4 is 15.5 Å². The number of benzene rings is 2. The Morgan fingerprint density at radius 1 is 1.00 bits per heavy atom. The van der Waals surface area contributed by atoms with Gasteiger partial charge in [0.05, 0.1) is 10.6 Å². The van der Waals surface area contributed by atoms with Crippen molar-refractivity contribution in [2.24, 2.45) is 0 Å². The van der Waals surface area contributed by atoms with E-state index in [2.05, 4.69) is 5.32 Å². The highest BCUT2D eigenvalue weighted by atomic mass is 32.2. The van der Waals surface area contributed by atoms with Gasteiger partial charge in [0.2, 0.25) is 5.75 Å². The fourth-order valence-electron chi connectivity index (χ4n) is 1.88. The van der Waals surface area contributed by atoms with Crippen LogP contribution in [0.4, 0.5) is 5.69 Å². The summed E-state index contributed by atoms with van der Waals surface area (Å²) >= 11 is 0. The lowest BCUT2D eigenvalue weighted by atomic mass is 10.1. The second kappa shape index (κ2) is 5.53. The van der Waals surface area contributed by atoms with Crippen LogP contribution >= 0.6 is 0 Å². The number of phenolic OH excluding ortho intramolecular Hbond substituents is 3. The van der Waals surface area contributed by atoms with Gasteiger partial charge in [0.15, 0.2) is 21.3 Å². The fraction of sp³-hybridized carbons (Fsp3) is 0.143. The minimum Gasteiger partial charge on any atom is -0.504 e. The number of sulfone groups is 1. The standard InChI is InChI=1S/C14H15NO5S/c1-21(19,20)12-5-3-2-4-10(12)15-8-9-6-7-11(16)14(18)13(9)17/h2-7,15-18H,8H2,1H3. The molecule has 112 valence electrons. The van der Waals surface area contributed by atoms with Crippen molar-refractivity contribution in [2.75, 3.05) is 11.6 Å². The van der Waals surface area contributed by atoms with E-state index in [1.165, 1.54) is 18.2 Å². The monoisotopic (exact) mass is 309 g/mol. The number of aromatic hydroxyl groups is 3. The summed E-state index contributed by atoms with van der Waals surface area (Å²) in [5.41, 5.74) is 0.723. The van der Waals surface area contributed by atoms with E-state index in [4.69, 9.17) is 0 Å². The van der Waals surface area contributed by atoms with E-state index in [1.54, 1.807) is 18.2 Å². The molecule has 0 amide bonds. The predicted molar refractivity (Wildman–Crippen MR) is 78.3 cm³/mol. The van der Waals surface area contributed by atoms with Gasteiger partial charge in [0, 0.05) is 18.4 Å². The van der Waals surface area contributed by atoms with E-state index < -0.39 is 27.1 Å². The molecule has 2 rings (SSSR count). The van der Waals surface area contributed by atoms with E-state index in [0.717, 1.165) is 6.26 Å². The van der Waals surface area contributed by atoms with E-state index in [1.807, 2.05) is 0 Å². The van der Waals surface area contributed by atoms with Crippen LogP contribution in [0, 0.1) is 0 Å². The predicted octanol–water partition coefficient (Wildman–Crippen LogP) is 1.82. The van der Waals surface area contributed by atoms with Gasteiger partial charge < -0.3 is 20.6 Å². The van der Waals surface area contributed by atoms with Crippen LogP contribution in [-0.4, -0.2) is 30.0 Å². The van der Waals surface area contributed by atoms with Crippen molar-refractivity contribution in [1.29, 1.82) is 0 Å². The number of hydrogen-bond acceptors (Lipinski definition) is 6. The van der Waals surface area contributed by atoms with Crippen LogP contribution in [0.2, 0.25) is 0 Å². The molecule has 7 heteroatoms. The maximum Gasteiger partial charge on any atom is 0.200 e. The molecule has 0 fully saturated rings. The first-order valence-electron chi connectivity index (χ1n) is 6.06. The van der Waals surface area contributed by atoms with Gasteiger partial charge in [-0.05, 0) is 24.3 Å². The van der Waals surface area contributed by atoms with Crippen LogP contribution in [0.25, 0.3) is 0 Å². The molecular weight excluding hydrogens is 294 g/mol. The Morgan fingerprint density at radius 3 is 2.33 bits per heavy atom. The molecular formula is C14H15NO5S. The van der Waals surface area contributed by atoms with E-state index in [0.29, 0.717) is 11.3 Å². The lowest BCUT2D eigenvalue weighted by molar-refractivity contribution is 0.365. The van der Waals surface area contributed by atoms with Crippen molar-refractivity contribution < 1.29 is 23.7 Å². The SMILES string of the molecule is CS(=O)(=O)c1ccccc1NCc1ccc(O)c(O)c1O. The number of para-hydroxylation sites is 1. The summed E-state index contributed by atoms with van der Waals surface area (Å²) in [6.45, 7) is 0.0895. The number of phenols is 3. The highest BCUT2D eigenvalue weighted by Gasteiger charge is 2.14. The normalized spacial score (nSPS) is 11.3. The van der Waals surface area contributed by atoms with Crippen LogP contribution in [-0.2, 0) is 16.4 Å². The summed E-state index contributed by atoms with van der Waals surface area (Å²) in [6.07, 6.45) is 1.11.